The Kier molecular flexibility index (Phi) is 6.18. The van der Waals surface area contributed by atoms with E-state index in [1.165, 1.54) is 12.1 Å². The third-order valence-electron chi connectivity index (χ3n) is 5.03. The molecule has 0 radical (unpaired) electrons. The zero-order valence-corrected chi connectivity index (χ0v) is 17.8. The summed E-state index contributed by atoms with van der Waals surface area (Å²) in [6, 6.07) is 15.4. The molecule has 0 aliphatic carbocycles. The first-order valence-corrected chi connectivity index (χ1v) is 10.8. The smallest absolute Gasteiger partial charge is 0.293 e. The summed E-state index contributed by atoms with van der Waals surface area (Å²) >= 11 is 0.872. The normalized spacial score (nSPS) is 17.6. The van der Waals surface area contributed by atoms with E-state index in [1.807, 2.05) is 30.3 Å². The number of nitrogens with zero attached hydrogens (tertiary/aromatic N) is 2. The number of amides is 5. The molecule has 9 heteroatoms. The topological polar surface area (TPSA) is 104 Å². The third kappa shape index (κ3) is 4.47. The number of hydrogen-bond donors (Lipinski definition) is 1. The predicted octanol–water partition coefficient (Wildman–Crippen LogP) is 2.81. The molecular weight excluding hydrogens is 430 g/mol. The van der Waals surface area contributed by atoms with Crippen LogP contribution in [0.15, 0.2) is 59.5 Å². The minimum Gasteiger partial charge on any atom is -0.350 e. The van der Waals surface area contributed by atoms with Crippen molar-refractivity contribution >= 4 is 52.4 Å². The van der Waals surface area contributed by atoms with Crippen molar-refractivity contribution in [2.45, 2.75) is 12.8 Å². The largest absolute Gasteiger partial charge is 0.350 e. The van der Waals surface area contributed by atoms with Gasteiger partial charge < -0.3 is 5.32 Å². The van der Waals surface area contributed by atoms with Crippen LogP contribution in [-0.2, 0) is 14.4 Å². The Balaban J connectivity index is 1.32. The molecule has 5 amide bonds. The van der Waals surface area contributed by atoms with Gasteiger partial charge in [0.15, 0.2) is 0 Å². The Morgan fingerprint density at radius 1 is 0.938 bits per heavy atom. The van der Waals surface area contributed by atoms with Gasteiger partial charge in [0.05, 0.1) is 10.6 Å². The van der Waals surface area contributed by atoms with Crippen LogP contribution in [0.2, 0.25) is 0 Å². The molecule has 0 unspecified atom stereocenters. The van der Waals surface area contributed by atoms with E-state index in [0.29, 0.717) is 16.2 Å². The highest BCUT2D eigenvalue weighted by Crippen LogP contribution is 2.31. The van der Waals surface area contributed by atoms with Gasteiger partial charge in [-0.1, -0.05) is 30.3 Å². The predicted molar refractivity (Wildman–Crippen MR) is 120 cm³/mol. The molecule has 8 nitrogen and oxygen atoms in total. The first-order chi connectivity index (χ1) is 15.4. The lowest BCUT2D eigenvalue weighted by atomic mass is 10.2. The van der Waals surface area contributed by atoms with Gasteiger partial charge in [0.25, 0.3) is 17.1 Å². The third-order valence-corrected chi connectivity index (χ3v) is 5.94. The molecule has 4 rings (SSSR count). The summed E-state index contributed by atoms with van der Waals surface area (Å²) in [7, 11) is 0. The van der Waals surface area contributed by atoms with Crippen LogP contribution < -0.4 is 10.2 Å². The van der Waals surface area contributed by atoms with Crippen molar-refractivity contribution in [2.24, 2.45) is 0 Å². The van der Waals surface area contributed by atoms with E-state index in [0.717, 1.165) is 27.1 Å². The second kappa shape index (κ2) is 9.19. The number of benzene rings is 2. The molecule has 1 N–H and O–H groups in total. The maximum absolute atomic E-state index is 12.5. The first-order valence-electron chi connectivity index (χ1n) is 9.98. The van der Waals surface area contributed by atoms with Crippen molar-refractivity contribution in [1.82, 2.24) is 10.2 Å². The maximum Gasteiger partial charge on any atom is 0.293 e. The Labute approximate surface area is 188 Å². The lowest BCUT2D eigenvalue weighted by Gasteiger charge is -2.15. The molecule has 2 heterocycles. The van der Waals surface area contributed by atoms with Crippen molar-refractivity contribution in [3.8, 4) is 0 Å². The number of imide groups is 2. The molecule has 0 aromatic heterocycles. The van der Waals surface area contributed by atoms with Crippen LogP contribution in [0.1, 0.15) is 28.8 Å². The van der Waals surface area contributed by atoms with Crippen LogP contribution in [0, 0.1) is 0 Å². The van der Waals surface area contributed by atoms with E-state index < -0.39 is 0 Å². The van der Waals surface area contributed by atoms with Crippen LogP contribution in [0.25, 0.3) is 6.08 Å². The quantitative estimate of drug-likeness (QED) is 0.537. The molecule has 2 aliphatic rings. The lowest BCUT2D eigenvalue weighted by Crippen LogP contribution is -2.37. The van der Waals surface area contributed by atoms with E-state index >= 15 is 0 Å². The summed E-state index contributed by atoms with van der Waals surface area (Å²) in [5, 5.41) is 2.30. The van der Waals surface area contributed by atoms with Gasteiger partial charge in [-0.3, -0.25) is 33.8 Å². The lowest BCUT2D eigenvalue weighted by molar-refractivity contribution is -0.123. The van der Waals surface area contributed by atoms with E-state index in [2.05, 4.69) is 5.32 Å². The zero-order chi connectivity index (χ0) is 22.7. The molecule has 32 heavy (non-hydrogen) atoms. The number of rotatable bonds is 6. The van der Waals surface area contributed by atoms with Gasteiger partial charge in [-0.15, -0.1) is 0 Å². The molecule has 2 fully saturated rings. The maximum atomic E-state index is 12.5. The summed E-state index contributed by atoms with van der Waals surface area (Å²) < 4.78 is 0. The standard InChI is InChI=1S/C23H19N3O5S/c27-19-10-11-20(28)26(19)17-8-6-16(7-9-17)21(29)24-12-13-25-22(30)18(32-23(25)31)14-15-4-2-1-3-5-15/h1-9,14H,10-13H2,(H,24,29). The van der Waals surface area contributed by atoms with Crippen molar-refractivity contribution in [3.63, 3.8) is 0 Å². The summed E-state index contributed by atoms with van der Waals surface area (Å²) in [6.45, 7) is 0.151. The van der Waals surface area contributed by atoms with Crippen molar-refractivity contribution in [1.29, 1.82) is 0 Å². The molecule has 0 spiro atoms. The highest BCUT2D eigenvalue weighted by Gasteiger charge is 2.34. The number of anilines is 1. The molecule has 0 atom stereocenters. The number of carbonyl (C=O) groups excluding carboxylic acids is 5. The van der Waals surface area contributed by atoms with Crippen molar-refractivity contribution in [3.05, 3.63) is 70.6 Å². The van der Waals surface area contributed by atoms with Crippen LogP contribution in [0.4, 0.5) is 10.5 Å². The highest BCUT2D eigenvalue weighted by molar-refractivity contribution is 8.18. The highest BCUT2D eigenvalue weighted by atomic mass is 32.2. The molecule has 2 aromatic carbocycles. The molecule has 0 saturated carbocycles. The Bertz CT molecular complexity index is 1110. The molecule has 2 aliphatic heterocycles. The molecule has 0 bridgehead atoms. The first kappa shape index (κ1) is 21.5. The van der Waals surface area contributed by atoms with Crippen molar-refractivity contribution in [2.75, 3.05) is 18.0 Å². The van der Waals surface area contributed by atoms with Crippen LogP contribution >= 0.6 is 11.8 Å². The number of nitrogens with one attached hydrogen (secondary N) is 1. The molecule has 162 valence electrons. The Hall–Kier alpha value is -3.72. The second-order valence-corrected chi connectivity index (χ2v) is 8.16. The molecular formula is C23H19N3O5S. The van der Waals surface area contributed by atoms with Gasteiger partial charge in [-0.2, -0.15) is 0 Å². The van der Waals surface area contributed by atoms with Gasteiger partial charge in [0, 0.05) is 31.5 Å². The fourth-order valence-corrected chi connectivity index (χ4v) is 4.27. The van der Waals surface area contributed by atoms with E-state index in [4.69, 9.17) is 0 Å². The van der Waals surface area contributed by atoms with Crippen molar-refractivity contribution < 1.29 is 24.0 Å². The average molecular weight is 449 g/mol. The van der Waals surface area contributed by atoms with E-state index in [9.17, 15) is 24.0 Å². The van der Waals surface area contributed by atoms with E-state index in [-0.39, 0.29) is 54.8 Å². The van der Waals surface area contributed by atoms with Gasteiger partial charge in [-0.05, 0) is 47.7 Å². The van der Waals surface area contributed by atoms with Crippen LogP contribution in [0.3, 0.4) is 0 Å². The van der Waals surface area contributed by atoms with Gasteiger partial charge >= 0.3 is 0 Å². The second-order valence-electron chi connectivity index (χ2n) is 7.17. The SMILES string of the molecule is O=C(NCCN1C(=O)SC(=Cc2ccccc2)C1=O)c1ccc(N2C(=O)CCC2=O)cc1. The monoisotopic (exact) mass is 449 g/mol. The van der Waals surface area contributed by atoms with Gasteiger partial charge in [0.1, 0.15) is 0 Å². The molecule has 2 saturated heterocycles. The Morgan fingerprint density at radius 2 is 1.59 bits per heavy atom. The Morgan fingerprint density at radius 3 is 2.25 bits per heavy atom. The fraction of sp³-hybridized carbons (Fsp3) is 0.174. The van der Waals surface area contributed by atoms with Gasteiger partial charge in [0.2, 0.25) is 11.8 Å². The number of hydrogen-bond acceptors (Lipinski definition) is 6. The molecule has 2 aromatic rings. The zero-order valence-electron chi connectivity index (χ0n) is 16.9. The summed E-state index contributed by atoms with van der Waals surface area (Å²) in [4.78, 5) is 63.3. The minimum absolute atomic E-state index is 0.0530. The average Bonchev–Trinajstić information content (AvgIpc) is 3.27. The number of thioether (sulfide) groups is 1. The van der Waals surface area contributed by atoms with Crippen LogP contribution in [0.5, 0.6) is 0 Å². The summed E-state index contributed by atoms with van der Waals surface area (Å²) in [5.74, 6) is -1.29. The van der Waals surface area contributed by atoms with E-state index in [1.54, 1.807) is 18.2 Å². The van der Waals surface area contributed by atoms with Gasteiger partial charge in [-0.25, -0.2) is 0 Å². The fourth-order valence-electron chi connectivity index (χ4n) is 3.40. The summed E-state index contributed by atoms with van der Waals surface area (Å²) in [6.07, 6.45) is 2.05. The summed E-state index contributed by atoms with van der Waals surface area (Å²) in [5.41, 5.74) is 1.59. The minimum atomic E-state index is -0.387. The van der Waals surface area contributed by atoms with Crippen LogP contribution in [-0.4, -0.2) is 46.9 Å². The number of carbonyl (C=O) groups is 5.